The van der Waals surface area contributed by atoms with E-state index in [0.29, 0.717) is 17.0 Å². The molecule has 12 heteroatoms. The quantitative estimate of drug-likeness (QED) is 0.456. The van der Waals surface area contributed by atoms with Gasteiger partial charge in [-0.15, -0.1) is 0 Å². The molecule has 1 amide bonds. The molecule has 3 aromatic rings. The average molecular weight is 520 g/mol. The third kappa shape index (κ3) is 6.39. The second-order valence-corrected chi connectivity index (χ2v) is 9.13. The smallest absolute Gasteiger partial charge is 0.262 e. The number of benzene rings is 3. The van der Waals surface area contributed by atoms with E-state index in [1.807, 2.05) is 6.07 Å². The van der Waals surface area contributed by atoms with Gasteiger partial charge in [0.15, 0.2) is 18.1 Å². The van der Waals surface area contributed by atoms with E-state index in [0.717, 1.165) is 0 Å². The van der Waals surface area contributed by atoms with Gasteiger partial charge in [0.25, 0.3) is 5.91 Å². The Balaban J connectivity index is 1.74. The minimum atomic E-state index is -3.88. The Hall–Kier alpha value is -3.85. The highest BCUT2D eigenvalue weighted by atomic mass is 35.5. The standard InChI is InChI=1S/C23H19ClFN3O6S/c1-13-7-17(35(27,30)31)3-5-19(13)28-21(29)12-33-20-6-4-18(24)23(22(20)25)34-16-9-14(11-26)8-15(10-16)32-2/h3-10H,12H2,1-2H3,(H,28,29)(H2,27,30,31). The summed E-state index contributed by atoms with van der Waals surface area (Å²) in [4.78, 5) is 12.2. The molecule has 0 saturated carbocycles. The van der Waals surface area contributed by atoms with Crippen LogP contribution in [0.4, 0.5) is 10.1 Å². The molecule has 0 spiro atoms. The minimum Gasteiger partial charge on any atom is -0.497 e. The highest BCUT2D eigenvalue weighted by Gasteiger charge is 2.18. The maximum Gasteiger partial charge on any atom is 0.262 e. The zero-order valence-corrected chi connectivity index (χ0v) is 20.0. The number of nitrogens with two attached hydrogens (primary N) is 1. The topological polar surface area (TPSA) is 141 Å². The minimum absolute atomic E-state index is 0.0637. The van der Waals surface area contributed by atoms with Crippen molar-refractivity contribution in [3.63, 3.8) is 0 Å². The fraction of sp³-hybridized carbons (Fsp3) is 0.130. The predicted molar refractivity (Wildman–Crippen MR) is 126 cm³/mol. The number of sulfonamides is 1. The molecule has 0 radical (unpaired) electrons. The summed E-state index contributed by atoms with van der Waals surface area (Å²) in [5.74, 6) is -1.82. The third-order valence-corrected chi connectivity index (χ3v) is 5.85. The van der Waals surface area contributed by atoms with Crippen LogP contribution >= 0.6 is 11.6 Å². The Labute approximate surface area is 205 Å². The lowest BCUT2D eigenvalue weighted by Crippen LogP contribution is -2.21. The first-order valence-corrected chi connectivity index (χ1v) is 11.8. The van der Waals surface area contributed by atoms with Crippen LogP contribution in [-0.2, 0) is 14.8 Å². The summed E-state index contributed by atoms with van der Waals surface area (Å²) < 4.78 is 53.9. The number of nitrogens with zero attached hydrogens (tertiary/aromatic N) is 1. The van der Waals surface area contributed by atoms with Gasteiger partial charge in [0, 0.05) is 11.8 Å². The van der Waals surface area contributed by atoms with Crippen molar-refractivity contribution in [3.05, 3.63) is 70.5 Å². The van der Waals surface area contributed by atoms with E-state index in [4.69, 9.17) is 36.2 Å². The number of carbonyl (C=O) groups is 1. The first kappa shape index (κ1) is 25.8. The van der Waals surface area contributed by atoms with Crippen LogP contribution in [0, 0.1) is 24.1 Å². The molecule has 9 nitrogen and oxygen atoms in total. The number of amides is 1. The number of methoxy groups -OCH3 is 1. The van der Waals surface area contributed by atoms with E-state index < -0.39 is 28.4 Å². The molecule has 0 fully saturated rings. The van der Waals surface area contributed by atoms with Gasteiger partial charge in [0.2, 0.25) is 15.8 Å². The van der Waals surface area contributed by atoms with Crippen molar-refractivity contribution in [1.29, 1.82) is 5.26 Å². The molecular weight excluding hydrogens is 501 g/mol. The molecule has 0 aliphatic heterocycles. The molecule has 0 aliphatic rings. The molecule has 0 bridgehead atoms. The van der Waals surface area contributed by atoms with Gasteiger partial charge in [-0.3, -0.25) is 4.79 Å². The average Bonchev–Trinajstić information content (AvgIpc) is 2.81. The van der Waals surface area contributed by atoms with Gasteiger partial charge in [-0.2, -0.15) is 9.65 Å². The number of ether oxygens (including phenoxy) is 3. The fourth-order valence-corrected chi connectivity index (χ4v) is 3.72. The first-order valence-electron chi connectivity index (χ1n) is 9.83. The van der Waals surface area contributed by atoms with Crippen molar-refractivity contribution in [2.75, 3.05) is 19.0 Å². The summed E-state index contributed by atoms with van der Waals surface area (Å²) in [6.07, 6.45) is 0. The first-order chi connectivity index (χ1) is 16.5. The molecule has 0 heterocycles. The number of primary sulfonamides is 1. The van der Waals surface area contributed by atoms with Crippen molar-refractivity contribution in [2.45, 2.75) is 11.8 Å². The predicted octanol–water partition coefficient (Wildman–Crippen LogP) is 4.13. The Kier molecular flexibility index (Phi) is 7.81. The molecular formula is C23H19ClFN3O6S. The lowest BCUT2D eigenvalue weighted by Gasteiger charge is -2.14. The van der Waals surface area contributed by atoms with Gasteiger partial charge in [-0.05, 0) is 55.0 Å². The molecule has 0 aromatic heterocycles. The van der Waals surface area contributed by atoms with E-state index in [2.05, 4.69) is 5.32 Å². The number of halogens is 2. The second-order valence-electron chi connectivity index (χ2n) is 7.16. The zero-order chi connectivity index (χ0) is 25.8. The maximum absolute atomic E-state index is 15.1. The van der Waals surface area contributed by atoms with Crippen LogP contribution in [-0.4, -0.2) is 28.0 Å². The Morgan fingerprint density at radius 1 is 1.17 bits per heavy atom. The monoisotopic (exact) mass is 519 g/mol. The van der Waals surface area contributed by atoms with Crippen LogP contribution in [0.3, 0.4) is 0 Å². The van der Waals surface area contributed by atoms with E-state index in [1.165, 1.54) is 55.6 Å². The van der Waals surface area contributed by atoms with Crippen LogP contribution < -0.4 is 24.7 Å². The number of rotatable bonds is 8. The highest BCUT2D eigenvalue weighted by molar-refractivity contribution is 7.89. The number of hydrogen-bond donors (Lipinski definition) is 2. The van der Waals surface area contributed by atoms with Crippen LogP contribution in [0.1, 0.15) is 11.1 Å². The SMILES string of the molecule is COc1cc(C#N)cc(Oc2c(Cl)ccc(OCC(=O)Nc3ccc(S(N)(=O)=O)cc3C)c2F)c1. The Bertz CT molecular complexity index is 1440. The zero-order valence-electron chi connectivity index (χ0n) is 18.5. The third-order valence-electron chi connectivity index (χ3n) is 4.64. The number of aryl methyl sites for hydroxylation is 1. The molecule has 182 valence electrons. The van der Waals surface area contributed by atoms with Gasteiger partial charge < -0.3 is 19.5 Å². The summed E-state index contributed by atoms with van der Waals surface area (Å²) in [7, 11) is -2.48. The normalized spacial score (nSPS) is 10.9. The molecule has 3 N–H and O–H groups in total. The summed E-state index contributed by atoms with van der Waals surface area (Å²) >= 11 is 6.08. The molecule has 0 unspecified atom stereocenters. The fourth-order valence-electron chi connectivity index (χ4n) is 2.93. The highest BCUT2D eigenvalue weighted by Crippen LogP contribution is 2.38. The molecule has 0 saturated heterocycles. The van der Waals surface area contributed by atoms with Crippen LogP contribution in [0.15, 0.2) is 53.4 Å². The number of nitriles is 1. The van der Waals surface area contributed by atoms with E-state index in [1.54, 1.807) is 6.92 Å². The summed E-state index contributed by atoms with van der Waals surface area (Å²) in [5.41, 5.74) is 1.01. The van der Waals surface area contributed by atoms with Crippen molar-refractivity contribution < 1.29 is 31.8 Å². The molecule has 35 heavy (non-hydrogen) atoms. The number of carbonyl (C=O) groups excluding carboxylic acids is 1. The van der Waals surface area contributed by atoms with Gasteiger partial charge in [0.05, 0.1) is 28.7 Å². The number of anilines is 1. The van der Waals surface area contributed by atoms with Gasteiger partial charge in [0.1, 0.15) is 11.5 Å². The van der Waals surface area contributed by atoms with Gasteiger partial charge in [-0.1, -0.05) is 11.6 Å². The Morgan fingerprint density at radius 3 is 2.51 bits per heavy atom. The van der Waals surface area contributed by atoms with Crippen LogP contribution in [0.25, 0.3) is 0 Å². The van der Waals surface area contributed by atoms with Gasteiger partial charge in [-0.25, -0.2) is 13.6 Å². The van der Waals surface area contributed by atoms with Crippen molar-refractivity contribution in [3.8, 4) is 29.1 Å². The summed E-state index contributed by atoms with van der Waals surface area (Å²) in [6.45, 7) is 1.02. The number of hydrogen-bond acceptors (Lipinski definition) is 7. The van der Waals surface area contributed by atoms with Gasteiger partial charge >= 0.3 is 0 Å². The van der Waals surface area contributed by atoms with E-state index in [-0.39, 0.29) is 32.7 Å². The molecule has 3 aromatic carbocycles. The molecule has 0 aliphatic carbocycles. The summed E-state index contributed by atoms with van der Waals surface area (Å²) in [6, 6.07) is 12.7. The second kappa shape index (κ2) is 10.6. The van der Waals surface area contributed by atoms with E-state index >= 15 is 4.39 Å². The van der Waals surface area contributed by atoms with Crippen molar-refractivity contribution >= 4 is 33.2 Å². The largest absolute Gasteiger partial charge is 0.497 e. The van der Waals surface area contributed by atoms with Crippen LogP contribution in [0.2, 0.25) is 5.02 Å². The van der Waals surface area contributed by atoms with Crippen LogP contribution in [0.5, 0.6) is 23.0 Å². The Morgan fingerprint density at radius 2 is 1.89 bits per heavy atom. The molecule has 0 atom stereocenters. The van der Waals surface area contributed by atoms with Crippen molar-refractivity contribution in [2.24, 2.45) is 5.14 Å². The number of nitrogens with one attached hydrogen (secondary N) is 1. The maximum atomic E-state index is 15.1. The lowest BCUT2D eigenvalue weighted by atomic mass is 10.2. The summed E-state index contributed by atoms with van der Waals surface area (Å²) in [5, 5.41) is 16.7. The van der Waals surface area contributed by atoms with E-state index in [9.17, 15) is 13.2 Å². The van der Waals surface area contributed by atoms with Crippen molar-refractivity contribution in [1.82, 2.24) is 0 Å². The molecule has 3 rings (SSSR count). The lowest BCUT2D eigenvalue weighted by molar-refractivity contribution is -0.118.